The maximum absolute atomic E-state index is 12.9. The van der Waals surface area contributed by atoms with Crippen LogP contribution in [0.1, 0.15) is 78.1 Å². The average molecular weight is 381 g/mol. The van der Waals surface area contributed by atoms with E-state index in [1.54, 1.807) is 4.90 Å². The van der Waals surface area contributed by atoms with E-state index in [0.29, 0.717) is 38.5 Å². The van der Waals surface area contributed by atoms with E-state index in [9.17, 15) is 9.59 Å². The Bertz CT molecular complexity index is 514. The van der Waals surface area contributed by atoms with Gasteiger partial charge in [0.25, 0.3) is 0 Å². The van der Waals surface area contributed by atoms with Crippen molar-refractivity contribution in [3.63, 3.8) is 0 Å². The van der Waals surface area contributed by atoms with Crippen LogP contribution in [0.2, 0.25) is 0 Å². The predicted molar refractivity (Wildman–Crippen MR) is 103 cm³/mol. The molecule has 2 saturated heterocycles. The molecule has 0 aromatic heterocycles. The van der Waals surface area contributed by atoms with Gasteiger partial charge in [-0.05, 0) is 38.0 Å². The summed E-state index contributed by atoms with van der Waals surface area (Å²) in [6.07, 6.45) is 9.77. The van der Waals surface area contributed by atoms with Gasteiger partial charge >= 0.3 is 0 Å². The molecule has 1 spiro atoms. The standard InChI is InChI=1S/C21H36N2O4/c1-16(2)13-18(23-12-8-5-9-19(23)24)20(25)22-14-17-15-26-21(27-17)10-6-3-4-7-11-21/h16-18H,3-15H2,1-2H3,(H,22,25)/t17-,18-/m1/s1. The highest BCUT2D eigenvalue weighted by Gasteiger charge is 2.41. The first-order chi connectivity index (χ1) is 13.0. The minimum atomic E-state index is -0.425. The van der Waals surface area contributed by atoms with Crippen LogP contribution in [0.5, 0.6) is 0 Å². The fourth-order valence-electron chi connectivity index (χ4n) is 4.56. The predicted octanol–water partition coefficient (Wildman–Crippen LogP) is 3.00. The second kappa shape index (κ2) is 9.37. The monoisotopic (exact) mass is 380 g/mol. The van der Waals surface area contributed by atoms with Gasteiger partial charge in [0.2, 0.25) is 11.8 Å². The summed E-state index contributed by atoms with van der Waals surface area (Å²) in [6.45, 7) is 5.88. The summed E-state index contributed by atoms with van der Waals surface area (Å²) >= 11 is 0. The third-order valence-corrected chi connectivity index (χ3v) is 6.02. The molecule has 0 aromatic carbocycles. The molecule has 1 N–H and O–H groups in total. The fourth-order valence-corrected chi connectivity index (χ4v) is 4.56. The van der Waals surface area contributed by atoms with Gasteiger partial charge in [0, 0.05) is 32.4 Å². The van der Waals surface area contributed by atoms with Crippen LogP contribution in [0, 0.1) is 5.92 Å². The van der Waals surface area contributed by atoms with E-state index in [1.165, 1.54) is 12.8 Å². The number of hydrogen-bond acceptors (Lipinski definition) is 4. The number of amides is 2. The second-order valence-electron chi connectivity index (χ2n) is 8.81. The molecule has 1 saturated carbocycles. The molecule has 27 heavy (non-hydrogen) atoms. The van der Waals surface area contributed by atoms with Gasteiger partial charge in [-0.1, -0.05) is 26.7 Å². The Morgan fingerprint density at radius 2 is 1.93 bits per heavy atom. The summed E-state index contributed by atoms with van der Waals surface area (Å²) in [5.74, 6) is -0.00781. The van der Waals surface area contributed by atoms with E-state index in [-0.39, 0.29) is 24.0 Å². The molecule has 2 atom stereocenters. The Hall–Kier alpha value is -1.14. The first-order valence-corrected chi connectivity index (χ1v) is 10.9. The molecule has 6 heteroatoms. The minimum Gasteiger partial charge on any atom is -0.352 e. The number of rotatable bonds is 6. The number of nitrogens with zero attached hydrogens (tertiary/aromatic N) is 1. The highest BCUT2D eigenvalue weighted by Crippen LogP contribution is 2.36. The first kappa shape index (κ1) is 20.6. The van der Waals surface area contributed by atoms with Crippen molar-refractivity contribution in [2.75, 3.05) is 19.7 Å². The maximum atomic E-state index is 12.9. The fraction of sp³-hybridized carbons (Fsp3) is 0.905. The van der Waals surface area contributed by atoms with Crippen LogP contribution in [-0.2, 0) is 19.1 Å². The zero-order valence-corrected chi connectivity index (χ0v) is 17.0. The van der Waals surface area contributed by atoms with Crippen molar-refractivity contribution in [2.24, 2.45) is 5.92 Å². The quantitative estimate of drug-likeness (QED) is 0.769. The molecule has 3 rings (SSSR count). The lowest BCUT2D eigenvalue weighted by atomic mass is 9.98. The number of nitrogens with one attached hydrogen (secondary N) is 1. The topological polar surface area (TPSA) is 67.9 Å². The molecule has 0 unspecified atom stereocenters. The van der Waals surface area contributed by atoms with Crippen molar-refractivity contribution in [1.29, 1.82) is 0 Å². The van der Waals surface area contributed by atoms with E-state index in [0.717, 1.165) is 38.5 Å². The summed E-state index contributed by atoms with van der Waals surface area (Å²) in [4.78, 5) is 27.0. The Morgan fingerprint density at radius 3 is 2.59 bits per heavy atom. The van der Waals surface area contributed by atoms with E-state index in [4.69, 9.17) is 9.47 Å². The zero-order valence-electron chi connectivity index (χ0n) is 17.0. The second-order valence-corrected chi connectivity index (χ2v) is 8.81. The summed E-state index contributed by atoms with van der Waals surface area (Å²) < 4.78 is 12.3. The lowest BCUT2D eigenvalue weighted by Crippen LogP contribution is -2.53. The summed E-state index contributed by atoms with van der Waals surface area (Å²) in [5, 5.41) is 3.05. The molecule has 0 aromatic rings. The molecule has 2 aliphatic heterocycles. The number of ether oxygens (including phenoxy) is 2. The van der Waals surface area contributed by atoms with Crippen LogP contribution in [0.15, 0.2) is 0 Å². The van der Waals surface area contributed by atoms with Gasteiger partial charge in [0.15, 0.2) is 5.79 Å². The van der Waals surface area contributed by atoms with Gasteiger partial charge in [-0.15, -0.1) is 0 Å². The molecular formula is C21H36N2O4. The van der Waals surface area contributed by atoms with Crippen LogP contribution in [0.25, 0.3) is 0 Å². The van der Waals surface area contributed by atoms with E-state index < -0.39 is 5.79 Å². The SMILES string of the molecule is CC(C)C[C@H](C(=O)NC[C@@H]1COC2(CCCCCC2)O1)N1CCCCC1=O. The van der Waals surface area contributed by atoms with Crippen molar-refractivity contribution in [3.8, 4) is 0 Å². The third-order valence-electron chi connectivity index (χ3n) is 6.02. The lowest BCUT2D eigenvalue weighted by Gasteiger charge is -2.35. The Balaban J connectivity index is 1.53. The van der Waals surface area contributed by atoms with E-state index in [2.05, 4.69) is 19.2 Å². The van der Waals surface area contributed by atoms with Gasteiger partial charge in [0.05, 0.1) is 6.61 Å². The van der Waals surface area contributed by atoms with Crippen LogP contribution in [-0.4, -0.2) is 54.3 Å². The third kappa shape index (κ3) is 5.44. The van der Waals surface area contributed by atoms with Crippen molar-refractivity contribution in [1.82, 2.24) is 10.2 Å². The average Bonchev–Trinajstić information content (AvgIpc) is 2.89. The molecule has 3 aliphatic rings. The molecule has 0 bridgehead atoms. The van der Waals surface area contributed by atoms with Crippen molar-refractivity contribution < 1.29 is 19.1 Å². The van der Waals surface area contributed by atoms with Crippen molar-refractivity contribution >= 4 is 11.8 Å². The van der Waals surface area contributed by atoms with Gasteiger partial charge in [-0.2, -0.15) is 0 Å². The van der Waals surface area contributed by atoms with Gasteiger partial charge in [-0.25, -0.2) is 0 Å². The first-order valence-electron chi connectivity index (χ1n) is 10.9. The number of likely N-dealkylation sites (tertiary alicyclic amines) is 1. The van der Waals surface area contributed by atoms with Gasteiger partial charge in [0.1, 0.15) is 12.1 Å². The molecule has 0 radical (unpaired) electrons. The zero-order chi connectivity index (χ0) is 19.3. The Labute approximate surface area is 163 Å². The number of hydrogen-bond donors (Lipinski definition) is 1. The number of carbonyl (C=O) groups is 2. The summed E-state index contributed by atoms with van der Waals surface area (Å²) in [7, 11) is 0. The van der Waals surface area contributed by atoms with Crippen LogP contribution in [0.4, 0.5) is 0 Å². The molecular weight excluding hydrogens is 344 g/mol. The largest absolute Gasteiger partial charge is 0.352 e. The normalized spacial score (nSPS) is 27.0. The van der Waals surface area contributed by atoms with Crippen LogP contribution in [0.3, 0.4) is 0 Å². The molecule has 2 amide bonds. The highest BCUT2D eigenvalue weighted by atomic mass is 16.7. The Morgan fingerprint density at radius 1 is 1.19 bits per heavy atom. The van der Waals surface area contributed by atoms with Gasteiger partial charge < -0.3 is 19.7 Å². The smallest absolute Gasteiger partial charge is 0.242 e. The number of piperidine rings is 1. The summed E-state index contributed by atoms with van der Waals surface area (Å²) in [5.41, 5.74) is 0. The van der Waals surface area contributed by atoms with Crippen LogP contribution < -0.4 is 5.32 Å². The van der Waals surface area contributed by atoms with E-state index >= 15 is 0 Å². The van der Waals surface area contributed by atoms with Gasteiger partial charge in [-0.3, -0.25) is 9.59 Å². The Kier molecular flexibility index (Phi) is 7.15. The number of carbonyl (C=O) groups excluding carboxylic acids is 2. The molecule has 3 fully saturated rings. The minimum absolute atomic E-state index is 0.0515. The molecule has 2 heterocycles. The highest BCUT2D eigenvalue weighted by molar-refractivity contribution is 5.88. The lowest BCUT2D eigenvalue weighted by molar-refractivity contribution is -0.175. The van der Waals surface area contributed by atoms with E-state index in [1.807, 2.05) is 0 Å². The van der Waals surface area contributed by atoms with Crippen LogP contribution >= 0.6 is 0 Å². The summed E-state index contributed by atoms with van der Waals surface area (Å²) in [6, 6.07) is -0.369. The molecule has 1 aliphatic carbocycles. The van der Waals surface area contributed by atoms with Crippen molar-refractivity contribution in [2.45, 2.75) is 96.0 Å². The van der Waals surface area contributed by atoms with Crippen molar-refractivity contribution in [3.05, 3.63) is 0 Å². The maximum Gasteiger partial charge on any atom is 0.242 e. The molecule has 6 nitrogen and oxygen atoms in total. The molecule has 154 valence electrons.